The summed E-state index contributed by atoms with van der Waals surface area (Å²) in [7, 11) is 0. The minimum absolute atomic E-state index is 0.181. The number of carbonyl (C=O) groups excluding carboxylic acids is 1. The van der Waals surface area contributed by atoms with E-state index in [-0.39, 0.29) is 11.4 Å². The second-order valence-electron chi connectivity index (χ2n) is 5.31. The molecule has 3 heteroatoms. The molecule has 3 rings (SSSR count). The average Bonchev–Trinajstić information content (AvgIpc) is 2.71. The third-order valence-electron chi connectivity index (χ3n) is 4.07. The Morgan fingerprint density at radius 3 is 2.87 bits per heavy atom. The average molecular weight is 206 g/mol. The second kappa shape index (κ2) is 3.06. The van der Waals surface area contributed by atoms with Crippen molar-refractivity contribution in [2.24, 2.45) is 16.8 Å². The van der Waals surface area contributed by atoms with E-state index in [1.54, 1.807) is 0 Å². The molecule has 0 radical (unpaired) electrons. The Balaban J connectivity index is 1.73. The van der Waals surface area contributed by atoms with Gasteiger partial charge in [-0.05, 0) is 37.5 Å². The number of aliphatic imine (C=N–C) groups is 1. The quantitative estimate of drug-likeness (QED) is 0.752. The largest absolute Gasteiger partial charge is 0.312 e. The van der Waals surface area contributed by atoms with Crippen molar-refractivity contribution in [3.8, 4) is 0 Å². The number of fused-ring (bicyclic) bond motifs is 1. The topological polar surface area (TPSA) is 41.5 Å². The standard InChI is InChI=1S/C12H18N2O/c1-2-3-4-10-13-11(15)12(14-10)6-8-5-9(8)7-12/h8-9H,2-7H2,1H3,(H,13,14,15). The third kappa shape index (κ3) is 1.40. The van der Waals surface area contributed by atoms with Gasteiger partial charge >= 0.3 is 0 Å². The lowest BCUT2D eigenvalue weighted by molar-refractivity contribution is -0.123. The van der Waals surface area contributed by atoms with E-state index in [1.807, 2.05) is 0 Å². The van der Waals surface area contributed by atoms with Gasteiger partial charge in [-0.2, -0.15) is 0 Å². The highest BCUT2D eigenvalue weighted by atomic mass is 16.2. The summed E-state index contributed by atoms with van der Waals surface area (Å²) >= 11 is 0. The van der Waals surface area contributed by atoms with Gasteiger partial charge in [0.25, 0.3) is 5.91 Å². The molecule has 2 fully saturated rings. The van der Waals surface area contributed by atoms with E-state index >= 15 is 0 Å². The maximum absolute atomic E-state index is 11.9. The fourth-order valence-electron chi connectivity index (χ4n) is 3.08. The van der Waals surface area contributed by atoms with Crippen molar-refractivity contribution >= 4 is 11.7 Å². The summed E-state index contributed by atoms with van der Waals surface area (Å²) in [5.74, 6) is 2.75. The van der Waals surface area contributed by atoms with E-state index in [9.17, 15) is 4.79 Å². The number of nitrogens with one attached hydrogen (secondary N) is 1. The first-order chi connectivity index (χ1) is 7.23. The van der Waals surface area contributed by atoms with Gasteiger partial charge in [-0.1, -0.05) is 13.3 Å². The molecule has 0 aromatic carbocycles. The highest BCUT2D eigenvalue weighted by molar-refractivity contribution is 6.08. The zero-order valence-electron chi connectivity index (χ0n) is 9.25. The second-order valence-corrected chi connectivity index (χ2v) is 5.31. The summed E-state index contributed by atoms with van der Waals surface area (Å²) in [4.78, 5) is 16.6. The Kier molecular flexibility index (Phi) is 1.91. The molecule has 2 aliphatic carbocycles. The number of nitrogens with zero attached hydrogens (tertiary/aromatic N) is 1. The van der Waals surface area contributed by atoms with Gasteiger partial charge in [-0.3, -0.25) is 9.79 Å². The van der Waals surface area contributed by atoms with Crippen molar-refractivity contribution in [3.05, 3.63) is 0 Å². The lowest BCUT2D eigenvalue weighted by Crippen LogP contribution is -2.38. The fourth-order valence-corrected chi connectivity index (χ4v) is 3.08. The Morgan fingerprint density at radius 1 is 1.47 bits per heavy atom. The molecule has 1 N–H and O–H groups in total. The maximum Gasteiger partial charge on any atom is 0.253 e. The minimum Gasteiger partial charge on any atom is -0.312 e. The van der Waals surface area contributed by atoms with E-state index in [2.05, 4.69) is 17.2 Å². The fraction of sp³-hybridized carbons (Fsp3) is 0.833. The third-order valence-corrected chi connectivity index (χ3v) is 4.07. The normalized spacial score (nSPS) is 41.7. The van der Waals surface area contributed by atoms with Gasteiger partial charge in [0.2, 0.25) is 0 Å². The van der Waals surface area contributed by atoms with Crippen LogP contribution in [0.15, 0.2) is 4.99 Å². The Morgan fingerprint density at radius 2 is 2.20 bits per heavy atom. The Bertz CT molecular complexity index is 325. The lowest BCUT2D eigenvalue weighted by atomic mass is 9.94. The van der Waals surface area contributed by atoms with E-state index in [1.165, 1.54) is 6.42 Å². The van der Waals surface area contributed by atoms with Crippen molar-refractivity contribution < 1.29 is 4.79 Å². The number of hydrogen-bond acceptors (Lipinski definition) is 2. The molecule has 2 atom stereocenters. The molecule has 1 amide bonds. The van der Waals surface area contributed by atoms with Gasteiger partial charge in [0, 0.05) is 6.42 Å². The number of amides is 1. The van der Waals surface area contributed by atoms with Crippen molar-refractivity contribution in [2.75, 3.05) is 0 Å². The highest BCUT2D eigenvalue weighted by Gasteiger charge is 2.59. The molecule has 0 bridgehead atoms. The van der Waals surface area contributed by atoms with Crippen molar-refractivity contribution in [3.63, 3.8) is 0 Å². The van der Waals surface area contributed by atoms with Crippen LogP contribution in [0.3, 0.4) is 0 Å². The summed E-state index contributed by atoms with van der Waals surface area (Å²) in [6.07, 6.45) is 6.60. The van der Waals surface area contributed by atoms with E-state index in [4.69, 9.17) is 0 Å². The minimum atomic E-state index is -0.323. The molecule has 0 saturated heterocycles. The van der Waals surface area contributed by atoms with E-state index in [0.717, 1.165) is 49.8 Å². The Labute approximate surface area is 90.3 Å². The van der Waals surface area contributed by atoms with Crippen LogP contribution in [0.1, 0.15) is 45.4 Å². The molecule has 2 saturated carbocycles. The predicted molar refractivity (Wildman–Crippen MR) is 58.7 cm³/mol. The SMILES string of the molecule is CCCCC1=NC2(CC3CC3C2)C(=O)N1. The van der Waals surface area contributed by atoms with Crippen molar-refractivity contribution in [1.29, 1.82) is 0 Å². The van der Waals surface area contributed by atoms with Gasteiger partial charge < -0.3 is 5.32 Å². The van der Waals surface area contributed by atoms with Crippen molar-refractivity contribution in [1.82, 2.24) is 5.32 Å². The highest BCUT2D eigenvalue weighted by Crippen LogP contribution is 2.58. The van der Waals surface area contributed by atoms with Gasteiger partial charge in [0.05, 0.1) is 0 Å². The van der Waals surface area contributed by atoms with Crippen LogP contribution in [0.25, 0.3) is 0 Å². The van der Waals surface area contributed by atoms with Crippen LogP contribution in [0.2, 0.25) is 0 Å². The van der Waals surface area contributed by atoms with E-state index < -0.39 is 0 Å². The van der Waals surface area contributed by atoms with Crippen LogP contribution >= 0.6 is 0 Å². The summed E-state index contributed by atoms with van der Waals surface area (Å²) in [6, 6.07) is 0. The number of unbranched alkanes of at least 4 members (excludes halogenated alkanes) is 1. The van der Waals surface area contributed by atoms with E-state index in [0.29, 0.717) is 0 Å². The zero-order valence-corrected chi connectivity index (χ0v) is 9.25. The molecule has 0 aromatic heterocycles. The first kappa shape index (κ1) is 9.37. The molecule has 2 unspecified atom stereocenters. The molecule has 82 valence electrons. The lowest BCUT2D eigenvalue weighted by Gasteiger charge is -2.17. The number of carbonyl (C=O) groups is 1. The number of hydrogen-bond donors (Lipinski definition) is 1. The molecule has 1 aliphatic heterocycles. The van der Waals surface area contributed by atoms with Crippen LogP contribution in [0.5, 0.6) is 0 Å². The van der Waals surface area contributed by atoms with Crippen LogP contribution in [0, 0.1) is 11.8 Å². The number of amidine groups is 1. The monoisotopic (exact) mass is 206 g/mol. The Hall–Kier alpha value is -0.860. The van der Waals surface area contributed by atoms with Gasteiger partial charge in [-0.15, -0.1) is 0 Å². The number of rotatable bonds is 3. The first-order valence-corrected chi connectivity index (χ1v) is 6.14. The van der Waals surface area contributed by atoms with Crippen LogP contribution in [0.4, 0.5) is 0 Å². The maximum atomic E-state index is 11.9. The van der Waals surface area contributed by atoms with Gasteiger partial charge in [0.15, 0.2) is 0 Å². The smallest absolute Gasteiger partial charge is 0.253 e. The van der Waals surface area contributed by atoms with Crippen LogP contribution < -0.4 is 5.32 Å². The van der Waals surface area contributed by atoms with Gasteiger partial charge in [-0.25, -0.2) is 0 Å². The molecule has 1 heterocycles. The first-order valence-electron chi connectivity index (χ1n) is 6.14. The molecular formula is C12H18N2O. The summed E-state index contributed by atoms with van der Waals surface area (Å²) in [6.45, 7) is 2.16. The molecule has 15 heavy (non-hydrogen) atoms. The van der Waals surface area contributed by atoms with Crippen molar-refractivity contribution in [2.45, 2.75) is 51.0 Å². The van der Waals surface area contributed by atoms with Crippen LogP contribution in [-0.4, -0.2) is 17.3 Å². The summed E-state index contributed by atoms with van der Waals surface area (Å²) in [5.41, 5.74) is -0.323. The summed E-state index contributed by atoms with van der Waals surface area (Å²) < 4.78 is 0. The predicted octanol–water partition coefficient (Wildman–Crippen LogP) is 1.87. The molecule has 3 aliphatic rings. The zero-order chi connectivity index (χ0) is 10.5. The van der Waals surface area contributed by atoms with Gasteiger partial charge in [0.1, 0.15) is 11.4 Å². The molecular weight excluding hydrogens is 188 g/mol. The molecule has 0 aromatic rings. The molecule has 3 nitrogen and oxygen atoms in total. The summed E-state index contributed by atoms with van der Waals surface area (Å²) in [5, 5.41) is 2.97. The van der Waals surface area contributed by atoms with Crippen LogP contribution in [-0.2, 0) is 4.79 Å². The molecule has 1 spiro atoms.